The third kappa shape index (κ3) is 3.79. The van der Waals surface area contributed by atoms with Gasteiger partial charge in [0.25, 0.3) is 0 Å². The summed E-state index contributed by atoms with van der Waals surface area (Å²) in [6.07, 6.45) is 5.42. The van der Waals surface area contributed by atoms with Gasteiger partial charge < -0.3 is 23.9 Å². The van der Waals surface area contributed by atoms with Gasteiger partial charge >= 0.3 is 5.97 Å². The number of carboxylic acids is 1. The topological polar surface area (TPSA) is 87.0 Å². The fourth-order valence-corrected chi connectivity index (χ4v) is 5.44. The first-order valence-electron chi connectivity index (χ1n) is 11.1. The van der Waals surface area contributed by atoms with Gasteiger partial charge in [-0.05, 0) is 36.0 Å². The zero-order valence-corrected chi connectivity index (χ0v) is 19.1. The first kappa shape index (κ1) is 22.4. The Morgan fingerprint density at radius 1 is 1.19 bits per heavy atom. The quantitative estimate of drug-likeness (QED) is 0.637. The van der Waals surface area contributed by atoms with Gasteiger partial charge in [0.2, 0.25) is 0 Å². The van der Waals surface area contributed by atoms with Crippen molar-refractivity contribution in [1.82, 2.24) is 4.57 Å². The van der Waals surface area contributed by atoms with Crippen LogP contribution >= 0.6 is 0 Å². The van der Waals surface area contributed by atoms with Crippen LogP contribution < -0.4 is 14.9 Å². The van der Waals surface area contributed by atoms with Gasteiger partial charge in [-0.1, -0.05) is 20.3 Å². The summed E-state index contributed by atoms with van der Waals surface area (Å²) in [5, 5.41) is 9.57. The number of pyridine rings is 1. The van der Waals surface area contributed by atoms with Crippen LogP contribution in [-0.2, 0) is 4.74 Å². The van der Waals surface area contributed by atoms with Gasteiger partial charge in [-0.25, -0.2) is 4.79 Å². The predicted molar refractivity (Wildman–Crippen MR) is 121 cm³/mol. The minimum absolute atomic E-state index is 0.0483. The summed E-state index contributed by atoms with van der Waals surface area (Å²) in [5.74, 6) is 0.273. The molecule has 7 nitrogen and oxygen atoms in total. The third-order valence-corrected chi connectivity index (χ3v) is 6.89. The lowest BCUT2D eigenvalue weighted by Gasteiger charge is -2.49. The average Bonchev–Trinajstić information content (AvgIpc) is 2.75. The molecule has 32 heavy (non-hydrogen) atoms. The average molecular weight is 442 g/mol. The van der Waals surface area contributed by atoms with Crippen molar-refractivity contribution in [2.45, 2.75) is 51.5 Å². The molecule has 1 aliphatic carbocycles. The number of fused-ring (bicyclic) bond motifs is 6. The molecule has 0 bridgehead atoms. The highest BCUT2D eigenvalue weighted by Crippen LogP contribution is 2.57. The van der Waals surface area contributed by atoms with Crippen molar-refractivity contribution in [2.75, 3.05) is 27.4 Å². The maximum Gasteiger partial charge on any atom is 0.341 e. The van der Waals surface area contributed by atoms with Crippen molar-refractivity contribution < 1.29 is 24.1 Å². The van der Waals surface area contributed by atoms with Crippen LogP contribution in [0.25, 0.3) is 11.3 Å². The van der Waals surface area contributed by atoms with Crippen LogP contribution in [0.1, 0.15) is 67.4 Å². The number of nitrogens with zero attached hydrogens (tertiary/aromatic N) is 1. The number of benzene rings is 1. The van der Waals surface area contributed by atoms with Crippen molar-refractivity contribution in [3.63, 3.8) is 0 Å². The van der Waals surface area contributed by atoms with Crippen molar-refractivity contribution in [3.05, 3.63) is 45.7 Å². The molecule has 1 aliphatic heterocycles. The van der Waals surface area contributed by atoms with Crippen LogP contribution in [-0.4, -0.2) is 43.1 Å². The number of aromatic nitrogens is 1. The van der Waals surface area contributed by atoms with E-state index >= 15 is 0 Å². The number of aromatic carboxylic acids is 1. The Kier molecular flexibility index (Phi) is 6.03. The maximum absolute atomic E-state index is 12.6. The van der Waals surface area contributed by atoms with Gasteiger partial charge in [-0.3, -0.25) is 4.79 Å². The smallest absolute Gasteiger partial charge is 0.341 e. The monoisotopic (exact) mass is 441 g/mol. The third-order valence-electron chi connectivity index (χ3n) is 6.89. The van der Waals surface area contributed by atoms with E-state index in [1.807, 2.05) is 10.6 Å². The molecule has 2 aliphatic rings. The number of rotatable bonds is 7. The second kappa shape index (κ2) is 8.62. The van der Waals surface area contributed by atoms with E-state index in [0.717, 1.165) is 42.5 Å². The number of carbonyl (C=O) groups is 1. The Morgan fingerprint density at radius 3 is 2.66 bits per heavy atom. The zero-order valence-electron chi connectivity index (χ0n) is 19.1. The Balaban J connectivity index is 1.90. The highest BCUT2D eigenvalue weighted by atomic mass is 16.5. The molecule has 4 rings (SSSR count). The molecule has 1 aromatic carbocycles. The zero-order chi connectivity index (χ0) is 23.0. The number of hydrogen-bond donors (Lipinski definition) is 1. The highest BCUT2D eigenvalue weighted by molar-refractivity contribution is 5.88. The normalized spacial score (nSPS) is 20.6. The molecule has 2 aromatic rings. The van der Waals surface area contributed by atoms with Crippen molar-refractivity contribution >= 4 is 5.97 Å². The predicted octanol–water partition coefficient (Wildman–Crippen LogP) is 4.49. The largest absolute Gasteiger partial charge is 0.493 e. The Labute approximate surface area is 187 Å². The summed E-state index contributed by atoms with van der Waals surface area (Å²) >= 11 is 0. The van der Waals surface area contributed by atoms with Gasteiger partial charge in [0.05, 0.1) is 19.4 Å². The first-order chi connectivity index (χ1) is 15.3. The number of ether oxygens (including phenoxy) is 3. The lowest BCUT2D eigenvalue weighted by atomic mass is 9.63. The van der Waals surface area contributed by atoms with E-state index in [1.165, 1.54) is 12.3 Å². The summed E-state index contributed by atoms with van der Waals surface area (Å²) in [6, 6.07) is 5.48. The van der Waals surface area contributed by atoms with Crippen LogP contribution in [0, 0.1) is 5.41 Å². The van der Waals surface area contributed by atoms with Gasteiger partial charge in [-0.2, -0.15) is 0 Å². The van der Waals surface area contributed by atoms with Crippen LogP contribution in [0.4, 0.5) is 0 Å². The molecule has 1 fully saturated rings. The standard InChI is InChI=1S/C25H31NO6/c1-25(2)8-5-7-15-16-11-22(32-10-6-9-30-3)21(31-4)12-17(16)19-13-20(27)18(24(28)29)14-26(19)23(15)25/h11-15,23H,5-10H2,1-4H3,(H,28,29)/t15-,23+/m1/s1. The lowest BCUT2D eigenvalue weighted by Crippen LogP contribution is -2.40. The molecule has 1 aromatic heterocycles. The van der Waals surface area contributed by atoms with Crippen LogP contribution in [0.3, 0.4) is 0 Å². The lowest BCUT2D eigenvalue weighted by molar-refractivity contribution is 0.0691. The number of methoxy groups -OCH3 is 2. The van der Waals surface area contributed by atoms with Gasteiger partial charge in [0.15, 0.2) is 16.9 Å². The molecule has 2 heterocycles. The van der Waals surface area contributed by atoms with Crippen molar-refractivity contribution in [2.24, 2.45) is 5.41 Å². The van der Waals surface area contributed by atoms with E-state index in [-0.39, 0.29) is 22.9 Å². The van der Waals surface area contributed by atoms with Gasteiger partial charge in [0.1, 0.15) is 5.56 Å². The molecule has 0 amide bonds. The number of hydrogen-bond acceptors (Lipinski definition) is 5. The molecule has 1 saturated carbocycles. The minimum atomic E-state index is -1.20. The second-order valence-electron chi connectivity index (χ2n) is 9.37. The molecule has 0 spiro atoms. The summed E-state index contributed by atoms with van der Waals surface area (Å²) < 4.78 is 18.8. The number of carboxylic acid groups (broad SMARTS) is 1. The first-order valence-corrected chi connectivity index (χ1v) is 11.1. The Morgan fingerprint density at radius 2 is 1.97 bits per heavy atom. The van der Waals surface area contributed by atoms with Crippen molar-refractivity contribution in [1.29, 1.82) is 0 Å². The van der Waals surface area contributed by atoms with Crippen molar-refractivity contribution in [3.8, 4) is 22.8 Å². The van der Waals surface area contributed by atoms with Gasteiger partial charge in [-0.15, -0.1) is 0 Å². The van der Waals surface area contributed by atoms with E-state index < -0.39 is 11.4 Å². The molecule has 0 saturated heterocycles. The summed E-state index contributed by atoms with van der Waals surface area (Å²) in [6.45, 7) is 5.58. The molecule has 2 atom stereocenters. The van der Waals surface area contributed by atoms with E-state index in [1.54, 1.807) is 14.2 Å². The molecule has 0 unspecified atom stereocenters. The maximum atomic E-state index is 12.6. The molecule has 7 heteroatoms. The Bertz CT molecular complexity index is 1090. The van der Waals surface area contributed by atoms with E-state index in [9.17, 15) is 14.7 Å². The minimum Gasteiger partial charge on any atom is -0.493 e. The molecule has 172 valence electrons. The SMILES string of the molecule is COCCCOc1cc2c(cc1OC)-c1cc(=O)c(C(=O)O)cn1[C@H]1[C@@H]2CCCC1(C)C. The summed E-state index contributed by atoms with van der Waals surface area (Å²) in [7, 11) is 3.26. The fraction of sp³-hybridized carbons (Fsp3) is 0.520. The summed E-state index contributed by atoms with van der Waals surface area (Å²) in [4.78, 5) is 24.3. The molecule has 1 N–H and O–H groups in total. The van der Waals surface area contributed by atoms with E-state index in [0.29, 0.717) is 24.7 Å². The molecular formula is C25H31NO6. The fourth-order valence-electron chi connectivity index (χ4n) is 5.44. The van der Waals surface area contributed by atoms with Gasteiger partial charge in [0, 0.05) is 49.9 Å². The van der Waals surface area contributed by atoms with E-state index in [4.69, 9.17) is 14.2 Å². The Hall–Kier alpha value is -2.80. The molecule has 0 radical (unpaired) electrons. The molecular weight excluding hydrogens is 410 g/mol. The van der Waals surface area contributed by atoms with Crippen LogP contribution in [0.5, 0.6) is 11.5 Å². The van der Waals surface area contributed by atoms with Crippen LogP contribution in [0.2, 0.25) is 0 Å². The highest BCUT2D eigenvalue weighted by Gasteiger charge is 2.45. The summed E-state index contributed by atoms with van der Waals surface area (Å²) in [5.41, 5.74) is 2.03. The van der Waals surface area contributed by atoms with Crippen LogP contribution in [0.15, 0.2) is 29.2 Å². The second-order valence-corrected chi connectivity index (χ2v) is 9.37. The van der Waals surface area contributed by atoms with E-state index in [2.05, 4.69) is 19.9 Å².